The quantitative estimate of drug-likeness (QED) is 0.787. The van der Waals surface area contributed by atoms with Gasteiger partial charge in [-0.1, -0.05) is 0 Å². The van der Waals surface area contributed by atoms with Crippen molar-refractivity contribution in [3.8, 4) is 5.75 Å². The molecule has 1 aromatic heterocycles. The second-order valence-electron chi connectivity index (χ2n) is 3.37. The minimum Gasteiger partial charge on any atom is -0.479 e. The number of hydrogen-bond donors (Lipinski definition) is 2. The summed E-state index contributed by atoms with van der Waals surface area (Å²) in [5, 5.41) is 11.4. The van der Waals surface area contributed by atoms with Gasteiger partial charge in [0.15, 0.2) is 6.10 Å². The molecule has 0 aliphatic rings. The van der Waals surface area contributed by atoms with E-state index in [0.29, 0.717) is 6.54 Å². The molecule has 6 heteroatoms. The van der Waals surface area contributed by atoms with Gasteiger partial charge < -0.3 is 15.2 Å². The topological polar surface area (TPSA) is 88.5 Å². The summed E-state index contributed by atoms with van der Waals surface area (Å²) in [6, 6.07) is 1.32. The SMILES string of the molecule is CCNC(=O)C(C)Oc1cncc(C(=O)O)c1. The number of nitrogens with one attached hydrogen (secondary N) is 1. The Morgan fingerprint density at radius 1 is 1.53 bits per heavy atom. The van der Waals surface area contributed by atoms with Gasteiger partial charge in [0.25, 0.3) is 5.91 Å². The van der Waals surface area contributed by atoms with Gasteiger partial charge in [0.1, 0.15) is 5.75 Å². The molecule has 1 amide bonds. The van der Waals surface area contributed by atoms with Crippen molar-refractivity contribution in [3.05, 3.63) is 24.0 Å². The van der Waals surface area contributed by atoms with Crippen LogP contribution in [-0.2, 0) is 4.79 Å². The van der Waals surface area contributed by atoms with Gasteiger partial charge in [-0.3, -0.25) is 9.78 Å². The number of carbonyl (C=O) groups is 2. The minimum atomic E-state index is -1.09. The highest BCUT2D eigenvalue weighted by molar-refractivity contribution is 5.87. The van der Waals surface area contributed by atoms with Gasteiger partial charge in [-0.2, -0.15) is 0 Å². The summed E-state index contributed by atoms with van der Waals surface area (Å²) in [6.07, 6.45) is 1.88. The van der Waals surface area contributed by atoms with Crippen LogP contribution in [0.2, 0.25) is 0 Å². The monoisotopic (exact) mass is 238 g/mol. The van der Waals surface area contributed by atoms with E-state index in [1.807, 2.05) is 0 Å². The molecule has 1 heterocycles. The van der Waals surface area contributed by atoms with E-state index in [1.165, 1.54) is 18.5 Å². The standard InChI is InChI=1S/C11H14N2O4/c1-3-13-10(14)7(2)17-9-4-8(11(15)16)5-12-6-9/h4-7H,3H2,1-2H3,(H,13,14)(H,15,16). The zero-order chi connectivity index (χ0) is 12.8. The van der Waals surface area contributed by atoms with Gasteiger partial charge in [-0.25, -0.2) is 4.79 Å². The van der Waals surface area contributed by atoms with E-state index < -0.39 is 12.1 Å². The molecule has 0 bridgehead atoms. The molecule has 1 aromatic rings. The van der Waals surface area contributed by atoms with Crippen molar-refractivity contribution in [2.75, 3.05) is 6.54 Å². The predicted molar refractivity (Wildman–Crippen MR) is 60.0 cm³/mol. The molecule has 0 saturated carbocycles. The highest BCUT2D eigenvalue weighted by Gasteiger charge is 2.14. The van der Waals surface area contributed by atoms with Crippen LogP contribution >= 0.6 is 0 Å². The maximum Gasteiger partial charge on any atom is 0.337 e. The average Bonchev–Trinajstić information content (AvgIpc) is 2.29. The van der Waals surface area contributed by atoms with Gasteiger partial charge in [0, 0.05) is 12.7 Å². The van der Waals surface area contributed by atoms with E-state index in [0.717, 1.165) is 0 Å². The van der Waals surface area contributed by atoms with Gasteiger partial charge in [0.2, 0.25) is 0 Å². The summed E-state index contributed by atoms with van der Waals surface area (Å²) in [4.78, 5) is 25.8. The van der Waals surface area contributed by atoms with Crippen molar-refractivity contribution in [3.63, 3.8) is 0 Å². The Balaban J connectivity index is 2.71. The highest BCUT2D eigenvalue weighted by Crippen LogP contribution is 2.13. The van der Waals surface area contributed by atoms with Crippen LogP contribution < -0.4 is 10.1 Å². The molecule has 0 fully saturated rings. The highest BCUT2D eigenvalue weighted by atomic mass is 16.5. The zero-order valence-electron chi connectivity index (χ0n) is 9.64. The lowest BCUT2D eigenvalue weighted by Gasteiger charge is -2.13. The molecule has 0 aliphatic heterocycles. The lowest BCUT2D eigenvalue weighted by Crippen LogP contribution is -2.36. The Kier molecular flexibility index (Phi) is 4.45. The smallest absolute Gasteiger partial charge is 0.337 e. The van der Waals surface area contributed by atoms with Crippen molar-refractivity contribution < 1.29 is 19.4 Å². The van der Waals surface area contributed by atoms with E-state index in [9.17, 15) is 9.59 Å². The normalized spacial score (nSPS) is 11.6. The van der Waals surface area contributed by atoms with E-state index >= 15 is 0 Å². The van der Waals surface area contributed by atoms with Crippen LogP contribution in [0.5, 0.6) is 5.75 Å². The molecule has 0 aromatic carbocycles. The van der Waals surface area contributed by atoms with E-state index in [2.05, 4.69) is 10.3 Å². The van der Waals surface area contributed by atoms with Crippen molar-refractivity contribution >= 4 is 11.9 Å². The zero-order valence-corrected chi connectivity index (χ0v) is 9.64. The third-order valence-electron chi connectivity index (χ3n) is 1.99. The number of carboxylic acids is 1. The number of carboxylic acid groups (broad SMARTS) is 1. The number of amides is 1. The number of hydrogen-bond acceptors (Lipinski definition) is 4. The Bertz CT molecular complexity index is 420. The van der Waals surface area contributed by atoms with Gasteiger partial charge in [0.05, 0.1) is 11.8 Å². The molecular weight excluding hydrogens is 224 g/mol. The average molecular weight is 238 g/mol. The second kappa shape index (κ2) is 5.83. The third kappa shape index (κ3) is 3.75. The fourth-order valence-corrected chi connectivity index (χ4v) is 1.18. The number of aromatic carboxylic acids is 1. The number of carbonyl (C=O) groups excluding carboxylic acids is 1. The summed E-state index contributed by atoms with van der Waals surface area (Å²) in [5.41, 5.74) is 0.0191. The number of likely N-dealkylation sites (N-methyl/N-ethyl adjacent to an activating group) is 1. The maximum atomic E-state index is 11.4. The van der Waals surface area contributed by atoms with Crippen molar-refractivity contribution in [1.29, 1.82) is 0 Å². The third-order valence-corrected chi connectivity index (χ3v) is 1.99. The number of aromatic nitrogens is 1. The molecule has 6 nitrogen and oxygen atoms in total. The minimum absolute atomic E-state index is 0.0191. The van der Waals surface area contributed by atoms with Crippen LogP contribution in [0.15, 0.2) is 18.5 Å². The van der Waals surface area contributed by atoms with Crippen LogP contribution in [0.25, 0.3) is 0 Å². The largest absolute Gasteiger partial charge is 0.479 e. The summed E-state index contributed by atoms with van der Waals surface area (Å²) < 4.78 is 5.28. The summed E-state index contributed by atoms with van der Waals surface area (Å²) in [7, 11) is 0. The molecule has 1 atom stereocenters. The number of nitrogens with zero attached hydrogens (tertiary/aromatic N) is 1. The lowest BCUT2D eigenvalue weighted by molar-refractivity contribution is -0.127. The first-order valence-electron chi connectivity index (χ1n) is 5.17. The molecule has 1 unspecified atom stereocenters. The second-order valence-corrected chi connectivity index (χ2v) is 3.37. The van der Waals surface area contributed by atoms with Gasteiger partial charge in [-0.05, 0) is 19.9 Å². The number of rotatable bonds is 5. The molecular formula is C11H14N2O4. The van der Waals surface area contributed by atoms with Crippen molar-refractivity contribution in [2.45, 2.75) is 20.0 Å². The first-order valence-corrected chi connectivity index (χ1v) is 5.17. The van der Waals surface area contributed by atoms with E-state index in [1.54, 1.807) is 13.8 Å². The van der Waals surface area contributed by atoms with Crippen molar-refractivity contribution in [1.82, 2.24) is 10.3 Å². The van der Waals surface area contributed by atoms with E-state index in [-0.39, 0.29) is 17.2 Å². The van der Waals surface area contributed by atoms with Crippen LogP contribution in [0.4, 0.5) is 0 Å². The molecule has 92 valence electrons. The first kappa shape index (κ1) is 13.0. The van der Waals surface area contributed by atoms with Gasteiger partial charge in [-0.15, -0.1) is 0 Å². The van der Waals surface area contributed by atoms with Crippen LogP contribution in [0, 0.1) is 0 Å². The Hall–Kier alpha value is -2.11. The summed E-state index contributed by atoms with van der Waals surface area (Å²) in [5.74, 6) is -1.09. The first-order chi connectivity index (χ1) is 8.04. The van der Waals surface area contributed by atoms with Crippen LogP contribution in [0.3, 0.4) is 0 Å². The summed E-state index contributed by atoms with van der Waals surface area (Å²) in [6.45, 7) is 3.90. The number of pyridine rings is 1. The summed E-state index contributed by atoms with van der Waals surface area (Å²) >= 11 is 0. The fraction of sp³-hybridized carbons (Fsp3) is 0.364. The van der Waals surface area contributed by atoms with Gasteiger partial charge >= 0.3 is 5.97 Å². The van der Waals surface area contributed by atoms with Crippen LogP contribution in [-0.4, -0.2) is 34.6 Å². The Morgan fingerprint density at radius 3 is 2.82 bits per heavy atom. The Morgan fingerprint density at radius 2 is 2.24 bits per heavy atom. The lowest BCUT2D eigenvalue weighted by atomic mass is 10.3. The molecule has 1 rings (SSSR count). The van der Waals surface area contributed by atoms with Crippen molar-refractivity contribution in [2.24, 2.45) is 0 Å². The van der Waals surface area contributed by atoms with Crippen LogP contribution in [0.1, 0.15) is 24.2 Å². The number of ether oxygens (including phenoxy) is 1. The molecule has 2 N–H and O–H groups in total. The predicted octanol–water partition coefficient (Wildman–Crippen LogP) is 0.683. The Labute approximate surface area is 98.6 Å². The maximum absolute atomic E-state index is 11.4. The molecule has 0 saturated heterocycles. The fourth-order valence-electron chi connectivity index (χ4n) is 1.18. The van der Waals surface area contributed by atoms with E-state index in [4.69, 9.17) is 9.84 Å². The molecule has 0 radical (unpaired) electrons. The molecule has 17 heavy (non-hydrogen) atoms. The molecule has 0 spiro atoms. The molecule has 0 aliphatic carbocycles.